The van der Waals surface area contributed by atoms with Crippen molar-refractivity contribution in [3.63, 3.8) is 0 Å². The zero-order chi connectivity index (χ0) is 12.5. The maximum Gasteiger partial charge on any atom is 0.108 e. The second-order valence-electron chi connectivity index (χ2n) is 5.77. The van der Waals surface area contributed by atoms with Crippen LogP contribution in [0.4, 0.5) is 4.39 Å². The van der Waals surface area contributed by atoms with Crippen molar-refractivity contribution in [1.29, 1.82) is 0 Å². The van der Waals surface area contributed by atoms with E-state index >= 15 is 0 Å². The summed E-state index contributed by atoms with van der Waals surface area (Å²) in [6.07, 6.45) is 2.97. The Morgan fingerprint density at radius 1 is 1.24 bits per heavy atom. The van der Waals surface area contributed by atoms with E-state index in [9.17, 15) is 4.39 Å². The molecule has 0 bridgehead atoms. The molecule has 2 N–H and O–H groups in total. The highest BCUT2D eigenvalue weighted by molar-refractivity contribution is 5.31. The van der Waals surface area contributed by atoms with Gasteiger partial charge in [0.05, 0.1) is 0 Å². The lowest BCUT2D eigenvalue weighted by Gasteiger charge is -2.41. The van der Waals surface area contributed by atoms with Gasteiger partial charge in [-0.15, -0.1) is 0 Å². The number of hydrogen-bond acceptors (Lipinski definition) is 1. The monoisotopic (exact) mass is 235 g/mol. The Hall–Kier alpha value is -0.890. The van der Waals surface area contributed by atoms with E-state index in [4.69, 9.17) is 5.73 Å². The first kappa shape index (κ1) is 12.6. The Labute approximate surface area is 103 Å². The molecule has 2 rings (SSSR count). The van der Waals surface area contributed by atoms with Crippen LogP contribution in [-0.4, -0.2) is 12.2 Å². The first-order valence-corrected chi connectivity index (χ1v) is 6.44. The highest BCUT2D eigenvalue weighted by Crippen LogP contribution is 2.44. The maximum absolute atomic E-state index is 13.9. The van der Waals surface area contributed by atoms with Crippen LogP contribution in [-0.2, 0) is 5.41 Å². The van der Waals surface area contributed by atoms with Gasteiger partial charge in [-0.3, -0.25) is 0 Å². The lowest BCUT2D eigenvalue weighted by Crippen LogP contribution is -2.42. The van der Waals surface area contributed by atoms with Gasteiger partial charge in [0, 0.05) is 12.0 Å². The van der Waals surface area contributed by atoms with Crippen LogP contribution >= 0.6 is 0 Å². The number of hydrogen-bond donors (Lipinski definition) is 1. The van der Waals surface area contributed by atoms with E-state index in [-0.39, 0.29) is 5.41 Å². The van der Waals surface area contributed by atoms with Gasteiger partial charge in [0.1, 0.15) is 5.67 Å². The zero-order valence-corrected chi connectivity index (χ0v) is 10.8. The zero-order valence-electron chi connectivity index (χ0n) is 10.8. The van der Waals surface area contributed by atoms with Crippen LogP contribution < -0.4 is 5.73 Å². The Balaban J connectivity index is 2.27. The topological polar surface area (TPSA) is 26.0 Å². The van der Waals surface area contributed by atoms with E-state index in [0.29, 0.717) is 19.4 Å². The van der Waals surface area contributed by atoms with E-state index in [2.05, 4.69) is 31.2 Å². The Morgan fingerprint density at radius 2 is 1.88 bits per heavy atom. The molecule has 94 valence electrons. The standard InChI is InChI=1S/C15H22FN/c1-12-4-3-5-13(10-12)15(11-17)8-6-14(2,16)7-9-15/h3-5,10H,6-9,11,17H2,1-2H3. The molecule has 0 radical (unpaired) electrons. The maximum atomic E-state index is 13.9. The van der Waals surface area contributed by atoms with Crippen LogP contribution in [0.15, 0.2) is 24.3 Å². The summed E-state index contributed by atoms with van der Waals surface area (Å²) in [6.45, 7) is 4.42. The molecule has 0 unspecified atom stereocenters. The van der Waals surface area contributed by atoms with Gasteiger partial charge in [-0.05, 0) is 45.1 Å². The van der Waals surface area contributed by atoms with Gasteiger partial charge in [-0.25, -0.2) is 4.39 Å². The molecule has 1 saturated carbocycles. The van der Waals surface area contributed by atoms with Crippen LogP contribution in [0.2, 0.25) is 0 Å². The smallest absolute Gasteiger partial charge is 0.108 e. The summed E-state index contributed by atoms with van der Waals surface area (Å²) in [4.78, 5) is 0. The molecule has 0 aliphatic heterocycles. The lowest BCUT2D eigenvalue weighted by atomic mass is 9.66. The van der Waals surface area contributed by atoms with Crippen molar-refractivity contribution >= 4 is 0 Å². The van der Waals surface area contributed by atoms with E-state index in [1.807, 2.05) is 0 Å². The second-order valence-corrected chi connectivity index (χ2v) is 5.77. The molecule has 1 fully saturated rings. The Bertz CT molecular complexity index is 388. The minimum atomic E-state index is -0.998. The third-order valence-corrected chi connectivity index (χ3v) is 4.27. The molecule has 1 aromatic rings. The number of aryl methyl sites for hydroxylation is 1. The van der Waals surface area contributed by atoms with Gasteiger partial charge in [-0.1, -0.05) is 29.8 Å². The summed E-state index contributed by atoms with van der Waals surface area (Å²) in [6, 6.07) is 8.51. The molecule has 1 aromatic carbocycles. The van der Waals surface area contributed by atoms with Crippen molar-refractivity contribution in [2.24, 2.45) is 5.73 Å². The Kier molecular flexibility index (Phi) is 3.26. The fraction of sp³-hybridized carbons (Fsp3) is 0.600. The van der Waals surface area contributed by atoms with Crippen LogP contribution in [0.25, 0.3) is 0 Å². The number of nitrogens with two attached hydrogens (primary N) is 1. The van der Waals surface area contributed by atoms with Crippen molar-refractivity contribution in [3.05, 3.63) is 35.4 Å². The SMILES string of the molecule is Cc1cccc(C2(CN)CCC(C)(F)CC2)c1. The fourth-order valence-electron chi connectivity index (χ4n) is 2.84. The molecule has 1 aliphatic carbocycles. The number of alkyl halides is 1. The van der Waals surface area contributed by atoms with Crippen LogP contribution in [0.5, 0.6) is 0 Å². The lowest BCUT2D eigenvalue weighted by molar-refractivity contribution is 0.0904. The van der Waals surface area contributed by atoms with Crippen molar-refractivity contribution in [2.75, 3.05) is 6.54 Å². The van der Waals surface area contributed by atoms with Crippen molar-refractivity contribution < 1.29 is 4.39 Å². The van der Waals surface area contributed by atoms with E-state index in [1.54, 1.807) is 6.92 Å². The quantitative estimate of drug-likeness (QED) is 0.834. The highest BCUT2D eigenvalue weighted by atomic mass is 19.1. The molecule has 2 heteroatoms. The highest BCUT2D eigenvalue weighted by Gasteiger charge is 2.40. The van der Waals surface area contributed by atoms with E-state index in [1.165, 1.54) is 11.1 Å². The molecule has 0 amide bonds. The summed E-state index contributed by atoms with van der Waals surface area (Å²) in [5, 5.41) is 0. The van der Waals surface area contributed by atoms with Gasteiger partial charge in [0.25, 0.3) is 0 Å². The summed E-state index contributed by atoms with van der Waals surface area (Å²) in [5.41, 5.74) is 7.53. The van der Waals surface area contributed by atoms with Crippen LogP contribution in [0.3, 0.4) is 0 Å². The third-order valence-electron chi connectivity index (χ3n) is 4.27. The largest absolute Gasteiger partial charge is 0.330 e. The third kappa shape index (κ3) is 2.52. The molecule has 0 heterocycles. The van der Waals surface area contributed by atoms with E-state index < -0.39 is 5.67 Å². The molecular formula is C15H22FN. The Morgan fingerprint density at radius 3 is 2.41 bits per heavy atom. The summed E-state index contributed by atoms with van der Waals surface area (Å²) >= 11 is 0. The van der Waals surface area contributed by atoms with Gasteiger partial charge < -0.3 is 5.73 Å². The number of rotatable bonds is 2. The molecule has 0 spiro atoms. The van der Waals surface area contributed by atoms with Crippen LogP contribution in [0.1, 0.15) is 43.7 Å². The second kappa shape index (κ2) is 4.41. The van der Waals surface area contributed by atoms with Crippen molar-refractivity contribution in [1.82, 2.24) is 0 Å². The first-order chi connectivity index (χ1) is 7.97. The van der Waals surface area contributed by atoms with Crippen molar-refractivity contribution in [3.8, 4) is 0 Å². The molecule has 1 aliphatic rings. The van der Waals surface area contributed by atoms with Gasteiger partial charge in [0.2, 0.25) is 0 Å². The molecule has 0 atom stereocenters. The predicted molar refractivity (Wildman–Crippen MR) is 69.9 cm³/mol. The average molecular weight is 235 g/mol. The molecular weight excluding hydrogens is 213 g/mol. The number of benzene rings is 1. The number of halogens is 1. The van der Waals surface area contributed by atoms with Crippen molar-refractivity contribution in [2.45, 2.75) is 50.6 Å². The minimum absolute atomic E-state index is 0.00236. The normalized spacial score (nSPS) is 33.6. The fourth-order valence-corrected chi connectivity index (χ4v) is 2.84. The predicted octanol–water partition coefficient (Wildman–Crippen LogP) is 3.49. The summed E-state index contributed by atoms with van der Waals surface area (Å²) < 4.78 is 13.9. The average Bonchev–Trinajstić information content (AvgIpc) is 2.30. The van der Waals surface area contributed by atoms with Gasteiger partial charge >= 0.3 is 0 Å². The molecule has 17 heavy (non-hydrogen) atoms. The van der Waals surface area contributed by atoms with Gasteiger partial charge in [0.15, 0.2) is 0 Å². The van der Waals surface area contributed by atoms with E-state index in [0.717, 1.165) is 12.8 Å². The minimum Gasteiger partial charge on any atom is -0.330 e. The van der Waals surface area contributed by atoms with Gasteiger partial charge in [-0.2, -0.15) is 0 Å². The van der Waals surface area contributed by atoms with Crippen LogP contribution in [0, 0.1) is 6.92 Å². The molecule has 1 nitrogen and oxygen atoms in total. The summed E-state index contributed by atoms with van der Waals surface area (Å²) in [7, 11) is 0. The summed E-state index contributed by atoms with van der Waals surface area (Å²) in [5.74, 6) is 0. The molecule has 0 aromatic heterocycles. The molecule has 0 saturated heterocycles. The first-order valence-electron chi connectivity index (χ1n) is 6.44.